The van der Waals surface area contributed by atoms with Gasteiger partial charge in [0.05, 0.1) is 16.9 Å². The van der Waals surface area contributed by atoms with Crippen molar-refractivity contribution in [2.75, 3.05) is 4.90 Å². The Bertz CT molecular complexity index is 2250. The fourth-order valence-corrected chi connectivity index (χ4v) is 5.98. The molecule has 4 nitrogen and oxygen atoms in total. The minimum absolute atomic E-state index is 0. The van der Waals surface area contributed by atoms with E-state index in [1.54, 1.807) is 0 Å². The molecule has 6 aromatic carbocycles. The van der Waals surface area contributed by atoms with Crippen molar-refractivity contribution in [2.45, 2.75) is 0 Å². The minimum Gasteiger partial charge on any atom is -0.299 e. The molecule has 0 atom stereocenters. The summed E-state index contributed by atoms with van der Waals surface area (Å²) in [5.74, 6) is 0.749. The number of hydrogen-bond acceptors (Lipinski definition) is 3. The normalized spacial score (nSPS) is 10.8. The van der Waals surface area contributed by atoms with Crippen molar-refractivity contribution in [1.82, 2.24) is 14.5 Å². The molecule has 8 aromatic rings. The fourth-order valence-electron chi connectivity index (χ4n) is 5.98. The van der Waals surface area contributed by atoms with Crippen LogP contribution in [0.3, 0.4) is 0 Å². The summed E-state index contributed by atoms with van der Waals surface area (Å²) in [6, 6.07) is 63.0. The average Bonchev–Trinajstić information content (AvgIpc) is 3.52. The standard InChI is InChI=1S/C42H28N4.Pt/c1-4-16-31(17-5-1)33-20-14-23-35(30-33)45(34-21-8-3-9-22-34)42-44-41-37(38-26-12-13-29-43-38)25-15-28-40(41)46(42)39-27-11-10-24-36(39)32-18-6-2-7-19-32;/h1-16,18-29H;/q-2;+2. The second-order valence-corrected chi connectivity index (χ2v) is 10.9. The van der Waals surface area contributed by atoms with Gasteiger partial charge in [-0.25, -0.2) is 16.1 Å². The Morgan fingerprint density at radius 3 is 2.06 bits per heavy atom. The van der Waals surface area contributed by atoms with Gasteiger partial charge in [0.1, 0.15) is 5.52 Å². The quantitative estimate of drug-likeness (QED) is 0.151. The van der Waals surface area contributed by atoms with Crippen molar-refractivity contribution >= 4 is 28.4 Å². The maximum atomic E-state index is 5.48. The molecule has 2 heterocycles. The summed E-state index contributed by atoms with van der Waals surface area (Å²) in [5, 5.41) is 0. The van der Waals surface area contributed by atoms with Crippen LogP contribution in [0.25, 0.3) is 50.2 Å². The average molecular weight is 784 g/mol. The zero-order chi connectivity index (χ0) is 30.7. The molecule has 0 fully saturated rings. The Morgan fingerprint density at radius 2 is 1.28 bits per heavy atom. The van der Waals surface area contributed by atoms with Gasteiger partial charge in [-0.1, -0.05) is 84.9 Å². The van der Waals surface area contributed by atoms with Crippen molar-refractivity contribution in [3.05, 3.63) is 182 Å². The van der Waals surface area contributed by atoms with Crippen LogP contribution in [0.15, 0.2) is 170 Å². The second kappa shape index (κ2) is 13.4. The first kappa shape index (κ1) is 30.1. The maximum absolute atomic E-state index is 5.48. The van der Waals surface area contributed by atoms with Gasteiger partial charge in [-0.05, 0) is 47.6 Å². The van der Waals surface area contributed by atoms with Gasteiger partial charge >= 0.3 is 21.1 Å². The monoisotopic (exact) mass is 783 g/mol. The SMILES string of the molecule is [Pt+2].[c-]1ccccc1-c1[c-]c(N(c2ccccc2)c2nc3c(-c4ccccn4)cccc3n2-c2ccccc2-c2ccccc2)ccc1. The Hall–Kier alpha value is -5.57. The Morgan fingerprint density at radius 1 is 0.574 bits per heavy atom. The maximum Gasteiger partial charge on any atom is 2.00 e. The number of imidazole rings is 1. The van der Waals surface area contributed by atoms with Gasteiger partial charge in [0.25, 0.3) is 0 Å². The summed E-state index contributed by atoms with van der Waals surface area (Å²) in [6.45, 7) is 0. The molecule has 0 bridgehead atoms. The third-order valence-electron chi connectivity index (χ3n) is 8.07. The second-order valence-electron chi connectivity index (χ2n) is 10.9. The molecular weight excluding hydrogens is 756 g/mol. The first-order chi connectivity index (χ1) is 22.8. The molecule has 0 saturated heterocycles. The van der Waals surface area contributed by atoms with E-state index in [1.165, 1.54) is 0 Å². The number of benzene rings is 6. The minimum atomic E-state index is 0. The van der Waals surface area contributed by atoms with E-state index >= 15 is 0 Å². The summed E-state index contributed by atoms with van der Waals surface area (Å²) in [7, 11) is 0. The van der Waals surface area contributed by atoms with E-state index in [0.29, 0.717) is 0 Å². The molecule has 0 unspecified atom stereocenters. The van der Waals surface area contributed by atoms with Crippen LogP contribution < -0.4 is 4.90 Å². The molecule has 0 saturated carbocycles. The summed E-state index contributed by atoms with van der Waals surface area (Å²) >= 11 is 0. The van der Waals surface area contributed by atoms with E-state index in [1.807, 2.05) is 54.7 Å². The number of pyridine rings is 1. The topological polar surface area (TPSA) is 34.0 Å². The molecule has 5 heteroatoms. The van der Waals surface area contributed by atoms with E-state index in [-0.39, 0.29) is 21.1 Å². The van der Waals surface area contributed by atoms with Crippen molar-refractivity contribution in [3.63, 3.8) is 0 Å². The summed E-state index contributed by atoms with van der Waals surface area (Å²) in [4.78, 5) is 12.4. The molecule has 226 valence electrons. The van der Waals surface area contributed by atoms with Crippen LogP contribution >= 0.6 is 0 Å². The van der Waals surface area contributed by atoms with E-state index in [0.717, 1.165) is 67.6 Å². The number of para-hydroxylation sites is 3. The Kier molecular flexibility index (Phi) is 8.60. The molecule has 8 rings (SSSR count). The van der Waals surface area contributed by atoms with Crippen LogP contribution in [-0.2, 0) is 21.1 Å². The van der Waals surface area contributed by atoms with Crippen LogP contribution in [0, 0.1) is 12.1 Å². The predicted molar refractivity (Wildman–Crippen MR) is 188 cm³/mol. The van der Waals surface area contributed by atoms with Gasteiger partial charge in [0.15, 0.2) is 0 Å². The summed E-state index contributed by atoms with van der Waals surface area (Å²) < 4.78 is 2.27. The van der Waals surface area contributed by atoms with E-state index in [2.05, 4.69) is 137 Å². The van der Waals surface area contributed by atoms with Crippen LogP contribution in [-0.4, -0.2) is 14.5 Å². The molecule has 0 aliphatic carbocycles. The molecule has 0 radical (unpaired) electrons. The fraction of sp³-hybridized carbons (Fsp3) is 0. The molecule has 0 spiro atoms. The molecular formula is C42H28N4Pt. The number of anilines is 3. The molecule has 0 N–H and O–H groups in total. The van der Waals surface area contributed by atoms with E-state index < -0.39 is 0 Å². The smallest absolute Gasteiger partial charge is 0.299 e. The predicted octanol–water partition coefficient (Wildman–Crippen LogP) is 10.5. The number of nitrogens with zero attached hydrogens (tertiary/aromatic N) is 4. The third kappa shape index (κ3) is 5.80. The zero-order valence-electron chi connectivity index (χ0n) is 25.3. The van der Waals surface area contributed by atoms with Crippen LogP contribution in [0.2, 0.25) is 0 Å². The van der Waals surface area contributed by atoms with Crippen molar-refractivity contribution < 1.29 is 21.1 Å². The van der Waals surface area contributed by atoms with Crippen LogP contribution in [0.4, 0.5) is 17.3 Å². The van der Waals surface area contributed by atoms with Gasteiger partial charge in [-0.3, -0.25) is 14.5 Å². The number of aromatic nitrogens is 3. The summed E-state index contributed by atoms with van der Waals surface area (Å²) in [6.07, 6.45) is 1.83. The van der Waals surface area contributed by atoms with Crippen molar-refractivity contribution in [2.24, 2.45) is 0 Å². The number of hydrogen-bond donors (Lipinski definition) is 0. The number of rotatable bonds is 7. The van der Waals surface area contributed by atoms with Gasteiger partial charge in [-0.2, -0.15) is 42.5 Å². The van der Waals surface area contributed by atoms with Crippen LogP contribution in [0.1, 0.15) is 0 Å². The third-order valence-corrected chi connectivity index (χ3v) is 8.07. The zero-order valence-corrected chi connectivity index (χ0v) is 27.5. The van der Waals surface area contributed by atoms with Gasteiger partial charge in [0.2, 0.25) is 5.95 Å². The summed E-state index contributed by atoms with van der Waals surface area (Å²) in [5.41, 5.74) is 10.7. The molecule has 2 aromatic heterocycles. The van der Waals surface area contributed by atoms with Gasteiger partial charge in [0, 0.05) is 23.0 Å². The Labute approximate surface area is 288 Å². The molecule has 0 aliphatic rings. The molecule has 0 aliphatic heterocycles. The Balaban J connectivity index is 0.00000351. The first-order valence-electron chi connectivity index (χ1n) is 15.3. The van der Waals surface area contributed by atoms with Crippen molar-refractivity contribution in [3.8, 4) is 39.2 Å². The van der Waals surface area contributed by atoms with Crippen LogP contribution in [0.5, 0.6) is 0 Å². The van der Waals surface area contributed by atoms with E-state index in [4.69, 9.17) is 9.97 Å². The number of fused-ring (bicyclic) bond motifs is 1. The van der Waals surface area contributed by atoms with Crippen molar-refractivity contribution in [1.29, 1.82) is 0 Å². The van der Waals surface area contributed by atoms with Gasteiger partial charge in [-0.15, -0.1) is 12.1 Å². The molecule has 0 amide bonds. The first-order valence-corrected chi connectivity index (χ1v) is 15.3. The molecule has 47 heavy (non-hydrogen) atoms. The van der Waals surface area contributed by atoms with Gasteiger partial charge < -0.3 is 0 Å². The largest absolute Gasteiger partial charge is 2.00 e. The van der Waals surface area contributed by atoms with E-state index in [9.17, 15) is 0 Å².